The molecule has 0 bridgehead atoms. The summed E-state index contributed by atoms with van der Waals surface area (Å²) >= 11 is 0. The van der Waals surface area contributed by atoms with Gasteiger partial charge in [-0.3, -0.25) is 0 Å². The van der Waals surface area contributed by atoms with Crippen LogP contribution >= 0.6 is 0 Å². The van der Waals surface area contributed by atoms with Gasteiger partial charge in [-0.25, -0.2) is 0 Å². The molecule has 0 spiro atoms. The molecule has 0 radical (unpaired) electrons. The van der Waals surface area contributed by atoms with E-state index in [0.717, 1.165) is 52.2 Å². The third kappa shape index (κ3) is 3.69. The van der Waals surface area contributed by atoms with E-state index in [1.54, 1.807) is 0 Å². The minimum absolute atomic E-state index is 0.0706. The van der Waals surface area contributed by atoms with E-state index in [9.17, 15) is 0 Å². The zero-order valence-corrected chi connectivity index (χ0v) is 12.5. The molecule has 0 aromatic heterocycles. The lowest BCUT2D eigenvalue weighted by atomic mass is 9.77. The van der Waals surface area contributed by atoms with Crippen molar-refractivity contribution in [2.24, 2.45) is 5.92 Å². The third-order valence-electron chi connectivity index (χ3n) is 4.59. The predicted octanol–water partition coefficient (Wildman–Crippen LogP) is 1.98. The van der Waals surface area contributed by atoms with Gasteiger partial charge in [-0.1, -0.05) is 6.92 Å². The first-order chi connectivity index (χ1) is 9.32. The van der Waals surface area contributed by atoms with Crippen LogP contribution in [0.15, 0.2) is 0 Å². The van der Waals surface area contributed by atoms with Gasteiger partial charge in [-0.15, -0.1) is 0 Å². The Morgan fingerprint density at radius 1 is 1.26 bits per heavy atom. The fourth-order valence-corrected chi connectivity index (χ4v) is 3.47. The smallest absolute Gasteiger partial charge is 0.0878 e. The van der Waals surface area contributed by atoms with Crippen LogP contribution in [-0.2, 0) is 14.2 Å². The van der Waals surface area contributed by atoms with Crippen LogP contribution in [0.4, 0.5) is 0 Å². The van der Waals surface area contributed by atoms with Gasteiger partial charge in [0.1, 0.15) is 0 Å². The third-order valence-corrected chi connectivity index (χ3v) is 4.59. The van der Waals surface area contributed by atoms with Crippen LogP contribution in [0.1, 0.15) is 39.0 Å². The summed E-state index contributed by atoms with van der Waals surface area (Å²) in [4.78, 5) is 0. The molecule has 2 atom stereocenters. The Balaban J connectivity index is 2.08. The van der Waals surface area contributed by atoms with Crippen molar-refractivity contribution in [3.05, 3.63) is 0 Å². The summed E-state index contributed by atoms with van der Waals surface area (Å²) in [5.41, 5.74) is -0.0706. The van der Waals surface area contributed by atoms with Gasteiger partial charge >= 0.3 is 0 Å². The Kier molecular flexibility index (Phi) is 6.07. The normalized spacial score (nSPS) is 29.1. The second-order valence-electron chi connectivity index (χ2n) is 5.79. The minimum Gasteiger partial charge on any atom is -0.381 e. The molecule has 2 rings (SSSR count). The van der Waals surface area contributed by atoms with Crippen LogP contribution in [0.2, 0.25) is 0 Å². The van der Waals surface area contributed by atoms with Gasteiger partial charge in [-0.05, 0) is 25.8 Å². The number of methoxy groups -OCH3 is 1. The number of hydrogen-bond donors (Lipinski definition) is 1. The van der Waals surface area contributed by atoms with E-state index in [2.05, 4.69) is 12.2 Å². The van der Waals surface area contributed by atoms with Crippen LogP contribution in [0.25, 0.3) is 0 Å². The molecule has 1 N–H and O–H groups in total. The molecule has 2 heterocycles. The maximum Gasteiger partial charge on any atom is 0.0878 e. The lowest BCUT2D eigenvalue weighted by molar-refractivity contribution is -0.130. The number of ether oxygens (including phenoxy) is 3. The van der Waals surface area contributed by atoms with Crippen LogP contribution in [-0.4, -0.2) is 51.7 Å². The average molecular weight is 271 g/mol. The molecule has 0 saturated carbocycles. The first kappa shape index (κ1) is 15.2. The lowest BCUT2D eigenvalue weighted by Crippen LogP contribution is -2.59. The fourth-order valence-electron chi connectivity index (χ4n) is 3.47. The van der Waals surface area contributed by atoms with Gasteiger partial charge in [0.15, 0.2) is 0 Å². The second kappa shape index (κ2) is 7.58. The van der Waals surface area contributed by atoms with Gasteiger partial charge in [0.2, 0.25) is 0 Å². The molecule has 2 saturated heterocycles. The monoisotopic (exact) mass is 271 g/mol. The van der Waals surface area contributed by atoms with Gasteiger partial charge in [0.05, 0.1) is 12.2 Å². The van der Waals surface area contributed by atoms with Crippen LogP contribution in [0.5, 0.6) is 0 Å². The SMILES string of the molecule is CCCNC(C1CCCOC1)C1(OC)CCOCC1. The molecule has 0 aliphatic carbocycles. The van der Waals surface area contributed by atoms with Gasteiger partial charge in [-0.2, -0.15) is 0 Å². The molecule has 2 aliphatic heterocycles. The Hall–Kier alpha value is -0.160. The first-order valence-corrected chi connectivity index (χ1v) is 7.76. The second-order valence-corrected chi connectivity index (χ2v) is 5.79. The highest BCUT2D eigenvalue weighted by Gasteiger charge is 2.44. The zero-order chi connectivity index (χ0) is 13.6. The molecular weight excluding hydrogens is 242 g/mol. The quantitative estimate of drug-likeness (QED) is 0.802. The summed E-state index contributed by atoms with van der Waals surface area (Å²) in [6, 6.07) is 0.390. The van der Waals surface area contributed by atoms with Crippen molar-refractivity contribution in [1.29, 1.82) is 0 Å². The molecule has 2 aliphatic rings. The summed E-state index contributed by atoms with van der Waals surface area (Å²) in [5, 5.41) is 3.74. The fraction of sp³-hybridized carbons (Fsp3) is 1.00. The molecule has 2 fully saturated rings. The molecule has 19 heavy (non-hydrogen) atoms. The van der Waals surface area contributed by atoms with Crippen molar-refractivity contribution in [2.75, 3.05) is 40.1 Å². The van der Waals surface area contributed by atoms with Crippen LogP contribution < -0.4 is 5.32 Å². The Morgan fingerprint density at radius 3 is 2.63 bits per heavy atom. The summed E-state index contributed by atoms with van der Waals surface area (Å²) in [6.07, 6.45) is 5.54. The van der Waals surface area contributed by atoms with E-state index in [1.165, 1.54) is 12.8 Å². The van der Waals surface area contributed by atoms with Gasteiger partial charge in [0, 0.05) is 51.7 Å². The number of nitrogens with one attached hydrogen (secondary N) is 1. The Morgan fingerprint density at radius 2 is 2.05 bits per heavy atom. The van der Waals surface area contributed by atoms with Gasteiger partial charge in [0.25, 0.3) is 0 Å². The molecule has 112 valence electrons. The summed E-state index contributed by atoms with van der Waals surface area (Å²) in [6.45, 7) is 6.67. The lowest BCUT2D eigenvalue weighted by Gasteiger charge is -2.46. The highest BCUT2D eigenvalue weighted by atomic mass is 16.5. The van der Waals surface area contributed by atoms with E-state index in [0.29, 0.717) is 12.0 Å². The summed E-state index contributed by atoms with van der Waals surface area (Å²) in [7, 11) is 1.86. The van der Waals surface area contributed by atoms with Crippen molar-refractivity contribution in [1.82, 2.24) is 5.32 Å². The highest BCUT2D eigenvalue weighted by molar-refractivity contribution is 4.98. The van der Waals surface area contributed by atoms with E-state index >= 15 is 0 Å². The van der Waals surface area contributed by atoms with Crippen molar-refractivity contribution in [3.8, 4) is 0 Å². The van der Waals surface area contributed by atoms with Crippen molar-refractivity contribution in [3.63, 3.8) is 0 Å². The number of rotatable bonds is 6. The molecule has 4 nitrogen and oxygen atoms in total. The molecule has 0 aromatic carbocycles. The minimum atomic E-state index is -0.0706. The van der Waals surface area contributed by atoms with Gasteiger partial charge < -0.3 is 19.5 Å². The van der Waals surface area contributed by atoms with Crippen molar-refractivity contribution in [2.45, 2.75) is 50.7 Å². The van der Waals surface area contributed by atoms with E-state index in [4.69, 9.17) is 14.2 Å². The molecule has 0 aromatic rings. The van der Waals surface area contributed by atoms with Crippen LogP contribution in [0, 0.1) is 5.92 Å². The standard InChI is InChI=1S/C15H29NO3/c1-3-8-16-14(13-5-4-9-19-12-13)15(17-2)6-10-18-11-7-15/h13-14,16H,3-12H2,1-2H3. The summed E-state index contributed by atoms with van der Waals surface area (Å²) < 4.78 is 17.2. The Labute approximate surface area is 117 Å². The molecule has 4 heteroatoms. The predicted molar refractivity (Wildman–Crippen MR) is 75.4 cm³/mol. The van der Waals surface area contributed by atoms with Crippen molar-refractivity contribution < 1.29 is 14.2 Å². The number of hydrogen-bond acceptors (Lipinski definition) is 4. The molecular formula is C15H29NO3. The maximum atomic E-state index is 5.99. The van der Waals surface area contributed by atoms with Crippen molar-refractivity contribution >= 4 is 0 Å². The maximum absolute atomic E-state index is 5.99. The topological polar surface area (TPSA) is 39.7 Å². The molecule has 2 unspecified atom stereocenters. The first-order valence-electron chi connectivity index (χ1n) is 7.76. The van der Waals surface area contributed by atoms with E-state index in [-0.39, 0.29) is 5.60 Å². The largest absolute Gasteiger partial charge is 0.381 e. The average Bonchev–Trinajstić information content (AvgIpc) is 2.49. The van der Waals surface area contributed by atoms with E-state index in [1.807, 2.05) is 7.11 Å². The molecule has 0 amide bonds. The van der Waals surface area contributed by atoms with Crippen LogP contribution in [0.3, 0.4) is 0 Å². The zero-order valence-electron chi connectivity index (χ0n) is 12.5. The van der Waals surface area contributed by atoms with E-state index < -0.39 is 0 Å². The Bertz CT molecular complexity index is 248. The highest BCUT2D eigenvalue weighted by Crippen LogP contribution is 2.34. The summed E-state index contributed by atoms with van der Waals surface area (Å²) in [5.74, 6) is 0.568.